The van der Waals surface area contributed by atoms with E-state index < -0.39 is 5.60 Å². The quantitative estimate of drug-likeness (QED) is 0.421. The summed E-state index contributed by atoms with van der Waals surface area (Å²) in [6.45, 7) is 7.75. The molecule has 0 spiro atoms. The van der Waals surface area contributed by atoms with Gasteiger partial charge in [-0.3, -0.25) is 4.90 Å². The number of aryl methyl sites for hydroxylation is 2. The number of hydrogen-bond donors (Lipinski definition) is 0. The van der Waals surface area contributed by atoms with Crippen LogP contribution in [0, 0.1) is 0 Å². The fourth-order valence-electron chi connectivity index (χ4n) is 4.24. The maximum atomic E-state index is 12.7. The summed E-state index contributed by atoms with van der Waals surface area (Å²) in [5.41, 5.74) is 3.87. The van der Waals surface area contributed by atoms with Gasteiger partial charge < -0.3 is 4.74 Å². The molecule has 5 rings (SSSR count). The molecule has 180 valence electrons. The fourth-order valence-corrected chi connectivity index (χ4v) is 4.24. The minimum absolute atomic E-state index is 0.308. The summed E-state index contributed by atoms with van der Waals surface area (Å²) in [6, 6.07) is 16.5. The van der Waals surface area contributed by atoms with Crippen molar-refractivity contribution in [1.82, 2.24) is 34.4 Å². The van der Waals surface area contributed by atoms with Crippen molar-refractivity contribution in [3.63, 3.8) is 0 Å². The number of benzene rings is 2. The van der Waals surface area contributed by atoms with Crippen molar-refractivity contribution < 1.29 is 9.53 Å². The Morgan fingerprint density at radius 1 is 1.06 bits per heavy atom. The summed E-state index contributed by atoms with van der Waals surface area (Å²) < 4.78 is 9.28. The largest absolute Gasteiger partial charge is 0.444 e. The Kier molecular flexibility index (Phi) is 6.07. The first kappa shape index (κ1) is 22.8. The second-order valence-corrected chi connectivity index (χ2v) is 9.68. The van der Waals surface area contributed by atoms with E-state index in [1.807, 2.05) is 49.7 Å². The molecule has 0 radical (unpaired) electrons. The Labute approximate surface area is 204 Å². The lowest BCUT2D eigenvalue weighted by atomic mass is 10.0. The average Bonchev–Trinajstić information content (AvgIpc) is 3.57. The number of amides is 1. The van der Waals surface area contributed by atoms with Crippen molar-refractivity contribution in [3.05, 3.63) is 83.7 Å². The minimum atomic E-state index is -0.539. The predicted octanol–water partition coefficient (Wildman–Crippen LogP) is 4.08. The molecule has 0 atom stereocenters. The van der Waals surface area contributed by atoms with Crippen LogP contribution in [0.15, 0.2) is 61.2 Å². The molecular weight excluding hydrogens is 442 g/mol. The number of fused-ring (bicyclic) bond motifs is 1. The number of ether oxygens (including phenoxy) is 1. The maximum Gasteiger partial charge on any atom is 0.410 e. The summed E-state index contributed by atoms with van der Waals surface area (Å²) >= 11 is 0. The normalized spacial score (nSPS) is 13.2. The summed E-state index contributed by atoms with van der Waals surface area (Å²) in [6.07, 6.45) is 3.68. The molecule has 2 aromatic carbocycles. The van der Waals surface area contributed by atoms with Gasteiger partial charge in [0.1, 0.15) is 24.8 Å². The standard InChI is InChI=1S/C26H29N7O2/c1-26(2,3)35-25(34)31-14-20-10-7-11-21(22(20)15-31)24-29-23(16-32-18-27-17-28-32)30-33(24)13-12-19-8-5-4-6-9-19/h4-11,17-18H,12-16H2,1-3H3. The summed E-state index contributed by atoms with van der Waals surface area (Å²) in [5.74, 6) is 1.46. The van der Waals surface area contributed by atoms with Crippen molar-refractivity contribution in [2.45, 2.75) is 59.0 Å². The van der Waals surface area contributed by atoms with Gasteiger partial charge in [-0.2, -0.15) is 10.2 Å². The number of nitrogens with zero attached hydrogens (tertiary/aromatic N) is 7. The van der Waals surface area contributed by atoms with Crippen molar-refractivity contribution in [3.8, 4) is 11.4 Å². The number of aromatic nitrogens is 6. The fraction of sp³-hybridized carbons (Fsp3) is 0.346. The van der Waals surface area contributed by atoms with Gasteiger partial charge in [0.2, 0.25) is 0 Å². The summed E-state index contributed by atoms with van der Waals surface area (Å²) in [4.78, 5) is 23.4. The minimum Gasteiger partial charge on any atom is -0.444 e. The van der Waals surface area contributed by atoms with Crippen molar-refractivity contribution in [2.24, 2.45) is 0 Å². The van der Waals surface area contributed by atoms with Gasteiger partial charge >= 0.3 is 6.09 Å². The number of carbonyl (C=O) groups excluding carboxylic acids is 1. The SMILES string of the molecule is CC(C)(C)OC(=O)N1Cc2cccc(-c3nc(Cn4cncn4)nn3CCc3ccccc3)c2C1. The molecular formula is C26H29N7O2. The van der Waals surface area contributed by atoms with Crippen LogP contribution in [0.3, 0.4) is 0 Å². The zero-order valence-corrected chi connectivity index (χ0v) is 20.3. The summed E-state index contributed by atoms with van der Waals surface area (Å²) in [5, 5.41) is 9.01. The average molecular weight is 472 g/mol. The van der Waals surface area contributed by atoms with Gasteiger partial charge in [0.05, 0.1) is 6.54 Å². The van der Waals surface area contributed by atoms with E-state index in [-0.39, 0.29) is 6.09 Å². The lowest BCUT2D eigenvalue weighted by Crippen LogP contribution is -2.33. The van der Waals surface area contributed by atoms with Crippen LogP contribution in [0.1, 0.15) is 43.3 Å². The van der Waals surface area contributed by atoms with Crippen LogP contribution in [0.2, 0.25) is 0 Å². The van der Waals surface area contributed by atoms with Crippen molar-refractivity contribution in [2.75, 3.05) is 0 Å². The Morgan fingerprint density at radius 3 is 2.63 bits per heavy atom. The molecule has 0 saturated heterocycles. The van der Waals surface area contributed by atoms with Crippen molar-refractivity contribution in [1.29, 1.82) is 0 Å². The van der Waals surface area contributed by atoms with Crippen LogP contribution in [0.4, 0.5) is 4.79 Å². The third kappa shape index (κ3) is 5.24. The van der Waals surface area contributed by atoms with Gasteiger partial charge in [0, 0.05) is 18.7 Å². The molecule has 9 nitrogen and oxygen atoms in total. The van der Waals surface area contributed by atoms with Crippen LogP contribution >= 0.6 is 0 Å². The Bertz CT molecular complexity index is 1310. The third-order valence-corrected chi connectivity index (χ3v) is 5.82. The molecule has 2 aromatic heterocycles. The maximum absolute atomic E-state index is 12.7. The van der Waals surface area contributed by atoms with Gasteiger partial charge in [-0.15, -0.1) is 0 Å². The van der Waals surface area contributed by atoms with Crippen LogP contribution in [-0.2, 0) is 37.3 Å². The van der Waals surface area contributed by atoms with Crippen molar-refractivity contribution >= 4 is 6.09 Å². The predicted molar refractivity (Wildman–Crippen MR) is 130 cm³/mol. The molecule has 4 aromatic rings. The second kappa shape index (κ2) is 9.32. The van der Waals surface area contributed by atoms with Gasteiger partial charge in [-0.25, -0.2) is 24.1 Å². The molecule has 0 fully saturated rings. The Hall–Kier alpha value is -4.01. The molecule has 3 heterocycles. The smallest absolute Gasteiger partial charge is 0.410 e. The van der Waals surface area contributed by atoms with E-state index in [2.05, 4.69) is 34.3 Å². The third-order valence-electron chi connectivity index (χ3n) is 5.82. The van der Waals surface area contributed by atoms with Crippen LogP contribution < -0.4 is 0 Å². The van der Waals surface area contributed by atoms with E-state index in [4.69, 9.17) is 14.8 Å². The van der Waals surface area contributed by atoms with Crippen LogP contribution in [0.5, 0.6) is 0 Å². The lowest BCUT2D eigenvalue weighted by Gasteiger charge is -2.24. The van der Waals surface area contributed by atoms with Gasteiger partial charge in [-0.1, -0.05) is 48.5 Å². The first-order valence-electron chi connectivity index (χ1n) is 11.7. The Morgan fingerprint density at radius 2 is 1.89 bits per heavy atom. The van der Waals surface area contributed by atoms with E-state index in [1.54, 1.807) is 15.9 Å². The topological polar surface area (TPSA) is 91.0 Å². The monoisotopic (exact) mass is 471 g/mol. The number of hydrogen-bond acceptors (Lipinski definition) is 6. The number of rotatable bonds is 6. The molecule has 1 aliphatic rings. The first-order valence-corrected chi connectivity index (χ1v) is 11.7. The molecule has 0 saturated carbocycles. The molecule has 0 aliphatic carbocycles. The zero-order valence-electron chi connectivity index (χ0n) is 20.3. The first-order chi connectivity index (χ1) is 16.9. The van der Waals surface area contributed by atoms with E-state index in [1.165, 1.54) is 11.9 Å². The zero-order chi connectivity index (χ0) is 24.4. The molecule has 0 unspecified atom stereocenters. The van der Waals surface area contributed by atoms with E-state index >= 15 is 0 Å². The molecule has 0 bridgehead atoms. The highest BCUT2D eigenvalue weighted by molar-refractivity contribution is 5.72. The molecule has 0 N–H and O–H groups in total. The Balaban J connectivity index is 1.46. The van der Waals surface area contributed by atoms with Crippen LogP contribution in [0.25, 0.3) is 11.4 Å². The van der Waals surface area contributed by atoms with E-state index in [0.717, 1.165) is 28.9 Å². The molecule has 1 amide bonds. The highest BCUT2D eigenvalue weighted by atomic mass is 16.6. The van der Waals surface area contributed by atoms with Crippen LogP contribution in [-0.4, -0.2) is 46.1 Å². The van der Waals surface area contributed by atoms with E-state index in [0.29, 0.717) is 32.0 Å². The molecule has 1 aliphatic heterocycles. The number of carbonyl (C=O) groups is 1. The lowest BCUT2D eigenvalue weighted by molar-refractivity contribution is 0.0242. The highest BCUT2D eigenvalue weighted by Gasteiger charge is 2.30. The van der Waals surface area contributed by atoms with Gasteiger partial charge in [-0.05, 0) is 43.9 Å². The van der Waals surface area contributed by atoms with Gasteiger partial charge in [0.25, 0.3) is 0 Å². The molecule has 9 heteroatoms. The van der Waals surface area contributed by atoms with Gasteiger partial charge in [0.15, 0.2) is 11.6 Å². The summed E-state index contributed by atoms with van der Waals surface area (Å²) in [7, 11) is 0. The highest BCUT2D eigenvalue weighted by Crippen LogP contribution is 2.33. The molecule has 35 heavy (non-hydrogen) atoms. The second-order valence-electron chi connectivity index (χ2n) is 9.68. The van der Waals surface area contributed by atoms with E-state index in [9.17, 15) is 4.79 Å².